The van der Waals surface area contributed by atoms with Crippen molar-refractivity contribution >= 4 is 21.5 Å². The van der Waals surface area contributed by atoms with Crippen LogP contribution in [0.4, 0.5) is 0 Å². The summed E-state index contributed by atoms with van der Waals surface area (Å²) in [6.07, 6.45) is 1.14. The first-order chi connectivity index (χ1) is 19.0. The molecule has 0 spiro atoms. The minimum absolute atomic E-state index is 0.619. The fourth-order valence-electron chi connectivity index (χ4n) is 5.84. The smallest absolute Gasteiger partial charge is 0.203 e. The summed E-state index contributed by atoms with van der Waals surface area (Å²) in [5.74, 6) is 3.59. The maximum absolute atomic E-state index is 5.69. The van der Waals surface area contributed by atoms with E-state index in [9.17, 15) is 0 Å². The summed E-state index contributed by atoms with van der Waals surface area (Å²) in [4.78, 5) is 5.04. The Balaban J connectivity index is 1.32. The van der Waals surface area contributed by atoms with Crippen LogP contribution in [0.5, 0.6) is 28.7 Å². The van der Waals surface area contributed by atoms with E-state index in [1.807, 2.05) is 6.07 Å². The molecular formula is C32H38N2O5. The Morgan fingerprint density at radius 1 is 0.590 bits per heavy atom. The predicted octanol–water partition coefficient (Wildman–Crippen LogP) is 6.01. The van der Waals surface area contributed by atoms with Gasteiger partial charge in [-0.25, -0.2) is 0 Å². The van der Waals surface area contributed by atoms with Crippen molar-refractivity contribution in [2.45, 2.75) is 26.4 Å². The van der Waals surface area contributed by atoms with Crippen LogP contribution in [0.25, 0.3) is 21.5 Å². The summed E-state index contributed by atoms with van der Waals surface area (Å²) in [5, 5.41) is 4.34. The van der Waals surface area contributed by atoms with Crippen molar-refractivity contribution in [3.63, 3.8) is 0 Å². The normalized spacial score (nSPS) is 14.5. The first kappa shape index (κ1) is 26.9. The molecule has 1 aliphatic rings. The minimum atomic E-state index is 0.619. The van der Waals surface area contributed by atoms with E-state index >= 15 is 0 Å². The zero-order chi connectivity index (χ0) is 27.5. The molecule has 4 aromatic carbocycles. The number of ether oxygens (including phenoxy) is 5. The fraction of sp³-hybridized carbons (Fsp3) is 0.375. The summed E-state index contributed by atoms with van der Waals surface area (Å²) in [5.41, 5.74) is 3.64. The lowest BCUT2D eigenvalue weighted by molar-refractivity contribution is 0.0746. The molecule has 0 N–H and O–H groups in total. The van der Waals surface area contributed by atoms with Gasteiger partial charge in [0.1, 0.15) is 0 Å². The molecule has 1 aliphatic heterocycles. The largest absolute Gasteiger partial charge is 0.493 e. The van der Waals surface area contributed by atoms with E-state index in [1.165, 1.54) is 16.5 Å². The molecule has 0 bridgehead atoms. The third-order valence-corrected chi connectivity index (χ3v) is 7.57. The number of fused-ring (bicyclic) bond motifs is 2. The maximum atomic E-state index is 5.69. The minimum Gasteiger partial charge on any atom is -0.493 e. The highest BCUT2D eigenvalue weighted by Crippen LogP contribution is 2.43. The molecule has 1 saturated heterocycles. The number of hydrogen-bond donors (Lipinski definition) is 0. The molecular weight excluding hydrogens is 492 g/mol. The van der Waals surface area contributed by atoms with Gasteiger partial charge in [0.2, 0.25) is 5.75 Å². The third kappa shape index (κ3) is 5.29. The molecule has 1 heterocycles. The van der Waals surface area contributed by atoms with Crippen molar-refractivity contribution in [3.05, 3.63) is 65.2 Å². The van der Waals surface area contributed by atoms with E-state index < -0.39 is 0 Å². The summed E-state index contributed by atoms with van der Waals surface area (Å²) in [7, 11) is 8.34. The SMILES string of the molecule is COc1cc2cc(CN3CCCN(Cc4ccc5c(OC)c(OC)c(C)cc5c4)C3)ccc2c(OC)c1OC. The molecule has 0 radical (unpaired) electrons. The van der Waals surface area contributed by atoms with Crippen LogP contribution >= 0.6 is 0 Å². The summed E-state index contributed by atoms with van der Waals surface area (Å²) < 4.78 is 28.1. The summed E-state index contributed by atoms with van der Waals surface area (Å²) >= 11 is 0. The molecule has 4 aromatic rings. The number of rotatable bonds is 9. The Kier molecular flexibility index (Phi) is 8.00. The Morgan fingerprint density at radius 2 is 1.10 bits per heavy atom. The van der Waals surface area contributed by atoms with E-state index in [-0.39, 0.29) is 0 Å². The fourth-order valence-corrected chi connectivity index (χ4v) is 5.84. The predicted molar refractivity (Wildman–Crippen MR) is 156 cm³/mol. The number of nitrogens with zero attached hydrogens (tertiary/aromatic N) is 2. The lowest BCUT2D eigenvalue weighted by Crippen LogP contribution is -2.43. The molecule has 0 aromatic heterocycles. The zero-order valence-corrected chi connectivity index (χ0v) is 23.8. The molecule has 0 unspecified atom stereocenters. The molecule has 1 fully saturated rings. The van der Waals surface area contributed by atoms with Gasteiger partial charge in [-0.1, -0.05) is 24.3 Å². The molecule has 7 heteroatoms. The van der Waals surface area contributed by atoms with Gasteiger partial charge in [-0.2, -0.15) is 0 Å². The average Bonchev–Trinajstić information content (AvgIpc) is 2.95. The summed E-state index contributed by atoms with van der Waals surface area (Å²) in [6.45, 7) is 6.95. The lowest BCUT2D eigenvalue weighted by atomic mass is 10.0. The van der Waals surface area contributed by atoms with Crippen molar-refractivity contribution in [2.75, 3.05) is 55.3 Å². The van der Waals surface area contributed by atoms with Crippen LogP contribution in [0.3, 0.4) is 0 Å². The number of methoxy groups -OCH3 is 5. The van der Waals surface area contributed by atoms with Gasteiger partial charge in [0.05, 0.1) is 42.2 Å². The second-order valence-electron chi connectivity index (χ2n) is 10.1. The summed E-state index contributed by atoms with van der Waals surface area (Å²) in [6, 6.07) is 17.4. The van der Waals surface area contributed by atoms with E-state index in [4.69, 9.17) is 23.7 Å². The van der Waals surface area contributed by atoms with Crippen LogP contribution in [-0.2, 0) is 13.1 Å². The number of hydrogen-bond acceptors (Lipinski definition) is 7. The van der Waals surface area contributed by atoms with Gasteiger partial charge in [0.25, 0.3) is 0 Å². The molecule has 39 heavy (non-hydrogen) atoms. The van der Waals surface area contributed by atoms with Gasteiger partial charge in [0, 0.05) is 37.0 Å². The van der Waals surface area contributed by atoms with Crippen molar-refractivity contribution in [1.82, 2.24) is 9.80 Å². The van der Waals surface area contributed by atoms with Crippen LogP contribution in [0, 0.1) is 6.92 Å². The maximum Gasteiger partial charge on any atom is 0.203 e. The van der Waals surface area contributed by atoms with Crippen LogP contribution in [0.2, 0.25) is 0 Å². The Bertz CT molecular complexity index is 1490. The second kappa shape index (κ2) is 11.6. The van der Waals surface area contributed by atoms with Gasteiger partial charge in [-0.3, -0.25) is 9.80 Å². The van der Waals surface area contributed by atoms with Gasteiger partial charge >= 0.3 is 0 Å². The second-order valence-corrected chi connectivity index (χ2v) is 10.1. The number of aryl methyl sites for hydroxylation is 1. The van der Waals surface area contributed by atoms with E-state index in [0.29, 0.717) is 17.2 Å². The van der Waals surface area contributed by atoms with Crippen LogP contribution < -0.4 is 23.7 Å². The van der Waals surface area contributed by atoms with Gasteiger partial charge in [0.15, 0.2) is 23.0 Å². The Morgan fingerprint density at radius 3 is 1.62 bits per heavy atom. The average molecular weight is 531 g/mol. The highest BCUT2D eigenvalue weighted by Gasteiger charge is 2.20. The molecule has 0 aliphatic carbocycles. The number of benzene rings is 4. The quantitative estimate of drug-likeness (QED) is 0.263. The first-order valence-electron chi connectivity index (χ1n) is 13.3. The van der Waals surface area contributed by atoms with Crippen LogP contribution in [-0.4, -0.2) is 65.1 Å². The molecule has 0 atom stereocenters. The highest BCUT2D eigenvalue weighted by atomic mass is 16.5. The molecule has 0 amide bonds. The monoisotopic (exact) mass is 530 g/mol. The Labute approximate surface area is 230 Å². The van der Waals surface area contributed by atoms with Crippen molar-refractivity contribution in [2.24, 2.45) is 0 Å². The van der Waals surface area contributed by atoms with Crippen molar-refractivity contribution in [1.29, 1.82) is 0 Å². The van der Waals surface area contributed by atoms with Gasteiger partial charge in [-0.15, -0.1) is 0 Å². The van der Waals surface area contributed by atoms with Gasteiger partial charge in [-0.05, 0) is 65.1 Å². The first-order valence-corrected chi connectivity index (χ1v) is 13.3. The molecule has 7 nitrogen and oxygen atoms in total. The van der Waals surface area contributed by atoms with E-state index in [1.54, 1.807) is 35.5 Å². The van der Waals surface area contributed by atoms with Gasteiger partial charge < -0.3 is 23.7 Å². The lowest BCUT2D eigenvalue weighted by Gasteiger charge is -2.35. The van der Waals surface area contributed by atoms with E-state index in [0.717, 1.165) is 72.5 Å². The highest BCUT2D eigenvalue weighted by molar-refractivity contribution is 5.94. The van der Waals surface area contributed by atoms with Crippen LogP contribution in [0.15, 0.2) is 48.5 Å². The molecule has 206 valence electrons. The van der Waals surface area contributed by atoms with Crippen molar-refractivity contribution in [3.8, 4) is 28.7 Å². The topological polar surface area (TPSA) is 52.6 Å². The third-order valence-electron chi connectivity index (χ3n) is 7.57. The standard InChI is InChI=1S/C32H38N2O5/c1-21-14-24-15-22(8-10-26(24)30(37-4)29(21)36-3)18-33-12-7-13-34(20-33)19-23-9-11-27-25(16-23)17-28(35-2)32(39-6)31(27)38-5/h8-11,14-17H,7,12-13,18-20H2,1-6H3. The molecule has 5 rings (SSSR count). The molecule has 0 saturated carbocycles. The van der Waals surface area contributed by atoms with Crippen LogP contribution in [0.1, 0.15) is 23.1 Å². The van der Waals surface area contributed by atoms with E-state index in [2.05, 4.69) is 59.2 Å². The van der Waals surface area contributed by atoms with Crippen molar-refractivity contribution < 1.29 is 23.7 Å². The zero-order valence-electron chi connectivity index (χ0n) is 23.8. The Hall–Kier alpha value is -3.68.